The Morgan fingerprint density at radius 1 is 1.29 bits per heavy atom. The predicted octanol–water partition coefficient (Wildman–Crippen LogP) is 1.40. The monoisotopic (exact) mass is 386 g/mol. The van der Waals surface area contributed by atoms with Gasteiger partial charge in [0.2, 0.25) is 5.91 Å². The maximum Gasteiger partial charge on any atom is 0.224 e. The van der Waals surface area contributed by atoms with Crippen molar-refractivity contribution in [3.05, 3.63) is 29.3 Å². The summed E-state index contributed by atoms with van der Waals surface area (Å²) in [7, 11) is 3.60. The second-order valence-corrected chi connectivity index (χ2v) is 7.69. The second-order valence-electron chi connectivity index (χ2n) is 7.69. The van der Waals surface area contributed by atoms with Gasteiger partial charge in [-0.2, -0.15) is 0 Å². The third-order valence-electron chi connectivity index (χ3n) is 6.06. The maximum absolute atomic E-state index is 12.4. The number of carbonyl (C=O) groups excluding carboxylic acids is 3. The van der Waals surface area contributed by atoms with Gasteiger partial charge in [0.15, 0.2) is 0 Å². The molecule has 1 aromatic carbocycles. The van der Waals surface area contributed by atoms with E-state index in [0.29, 0.717) is 25.3 Å². The van der Waals surface area contributed by atoms with Crippen molar-refractivity contribution in [1.82, 2.24) is 15.6 Å². The highest BCUT2D eigenvalue weighted by Gasteiger charge is 2.36. The summed E-state index contributed by atoms with van der Waals surface area (Å²) in [5.74, 6) is 0.147. The topological polar surface area (TPSA) is 81.8 Å². The summed E-state index contributed by atoms with van der Waals surface area (Å²) in [4.78, 5) is 36.2. The average molecular weight is 386 g/mol. The first-order valence-corrected chi connectivity index (χ1v) is 10.0. The number of piperidine rings is 1. The van der Waals surface area contributed by atoms with Gasteiger partial charge in [-0.1, -0.05) is 12.1 Å². The molecule has 28 heavy (non-hydrogen) atoms. The second kappa shape index (κ2) is 9.30. The first-order chi connectivity index (χ1) is 13.6. The minimum atomic E-state index is -0.295. The Balaban J connectivity index is 1.78. The molecule has 0 bridgehead atoms. The quantitative estimate of drug-likeness (QED) is 0.658. The van der Waals surface area contributed by atoms with Gasteiger partial charge in [0.25, 0.3) is 0 Å². The van der Waals surface area contributed by atoms with Gasteiger partial charge in [0.1, 0.15) is 12.6 Å². The smallest absolute Gasteiger partial charge is 0.224 e. The number of rotatable bonds is 8. The van der Waals surface area contributed by atoms with Crippen molar-refractivity contribution in [3.8, 4) is 0 Å². The summed E-state index contributed by atoms with van der Waals surface area (Å²) in [5.41, 5.74) is 6.91. The van der Waals surface area contributed by atoms with Crippen LogP contribution in [0.1, 0.15) is 48.8 Å². The number of hydrazine groups is 1. The average Bonchev–Trinajstić information content (AvgIpc) is 3.05. The minimum Gasteiger partial charge on any atom is -0.359 e. The molecule has 1 amide bonds. The number of benzene rings is 1. The number of nitrogens with one attached hydrogen (secondary N) is 2. The molecule has 2 unspecified atom stereocenters. The predicted molar refractivity (Wildman–Crippen MR) is 108 cm³/mol. The lowest BCUT2D eigenvalue weighted by Crippen LogP contribution is -2.40. The van der Waals surface area contributed by atoms with E-state index in [9.17, 15) is 14.4 Å². The Morgan fingerprint density at radius 3 is 2.68 bits per heavy atom. The Morgan fingerprint density at radius 2 is 2.04 bits per heavy atom. The van der Waals surface area contributed by atoms with Crippen LogP contribution in [0.15, 0.2) is 18.2 Å². The zero-order chi connectivity index (χ0) is 20.1. The molecule has 2 heterocycles. The van der Waals surface area contributed by atoms with Crippen LogP contribution in [0.4, 0.5) is 5.69 Å². The van der Waals surface area contributed by atoms with Gasteiger partial charge in [-0.05, 0) is 55.5 Å². The van der Waals surface area contributed by atoms with Gasteiger partial charge in [-0.25, -0.2) is 5.43 Å². The Kier molecular flexibility index (Phi) is 6.80. The first kappa shape index (κ1) is 20.5. The van der Waals surface area contributed by atoms with Crippen LogP contribution in [0.25, 0.3) is 0 Å². The van der Waals surface area contributed by atoms with E-state index in [0.717, 1.165) is 49.8 Å². The summed E-state index contributed by atoms with van der Waals surface area (Å²) < 4.78 is 0. The zero-order valence-corrected chi connectivity index (χ0v) is 16.7. The van der Waals surface area contributed by atoms with Crippen molar-refractivity contribution < 1.29 is 14.4 Å². The normalized spacial score (nSPS) is 21.2. The molecular weight excluding hydrogens is 356 g/mol. The number of carbonyl (C=O) groups is 3. The molecule has 0 aliphatic carbocycles. The molecular formula is C21H30N4O3. The van der Waals surface area contributed by atoms with Crippen LogP contribution in [0.2, 0.25) is 0 Å². The van der Waals surface area contributed by atoms with Crippen molar-refractivity contribution in [2.75, 3.05) is 38.7 Å². The summed E-state index contributed by atoms with van der Waals surface area (Å²) >= 11 is 0. The molecule has 152 valence electrons. The molecule has 0 aromatic heterocycles. The summed E-state index contributed by atoms with van der Waals surface area (Å²) in [6.07, 6.45) is 4.83. The lowest BCUT2D eigenvalue weighted by Gasteiger charge is -2.31. The number of aldehydes is 2. The molecule has 0 saturated carbocycles. The van der Waals surface area contributed by atoms with Crippen LogP contribution < -0.4 is 15.8 Å². The molecule has 7 heteroatoms. The van der Waals surface area contributed by atoms with E-state index in [1.54, 1.807) is 7.05 Å². The molecule has 1 fully saturated rings. The number of likely N-dealkylation sites (tertiary alicyclic amines) is 1. The van der Waals surface area contributed by atoms with E-state index < -0.39 is 0 Å². The van der Waals surface area contributed by atoms with Gasteiger partial charge in [-0.15, -0.1) is 0 Å². The van der Waals surface area contributed by atoms with Crippen molar-refractivity contribution in [1.29, 1.82) is 0 Å². The summed E-state index contributed by atoms with van der Waals surface area (Å²) in [6.45, 7) is 2.41. The largest absolute Gasteiger partial charge is 0.359 e. The fraction of sp³-hybridized carbons (Fsp3) is 0.571. The van der Waals surface area contributed by atoms with E-state index in [2.05, 4.69) is 33.8 Å². The molecule has 7 nitrogen and oxygen atoms in total. The highest BCUT2D eigenvalue weighted by molar-refractivity contribution is 5.80. The fourth-order valence-electron chi connectivity index (χ4n) is 4.46. The van der Waals surface area contributed by atoms with E-state index in [4.69, 9.17) is 0 Å². The van der Waals surface area contributed by atoms with E-state index in [1.807, 2.05) is 12.1 Å². The van der Waals surface area contributed by atoms with Gasteiger partial charge in [-0.3, -0.25) is 9.69 Å². The van der Waals surface area contributed by atoms with Gasteiger partial charge >= 0.3 is 0 Å². The minimum absolute atomic E-state index is 0.0489. The molecule has 1 saturated heterocycles. The molecule has 2 atom stereocenters. The molecule has 2 aliphatic rings. The van der Waals surface area contributed by atoms with E-state index in [1.165, 1.54) is 5.56 Å². The van der Waals surface area contributed by atoms with Crippen LogP contribution in [0.3, 0.4) is 0 Å². The summed E-state index contributed by atoms with van der Waals surface area (Å²) in [6, 6.07) is 6.39. The van der Waals surface area contributed by atoms with Crippen LogP contribution in [0, 0.1) is 5.92 Å². The Hall–Kier alpha value is -2.25. The number of hydrogen-bond acceptors (Lipinski definition) is 6. The van der Waals surface area contributed by atoms with Crippen LogP contribution >= 0.6 is 0 Å². The van der Waals surface area contributed by atoms with Gasteiger partial charge in [0.05, 0.1) is 24.2 Å². The van der Waals surface area contributed by atoms with Gasteiger partial charge in [0, 0.05) is 20.5 Å². The van der Waals surface area contributed by atoms with Gasteiger partial charge < -0.3 is 19.9 Å². The highest BCUT2D eigenvalue weighted by Crippen LogP contribution is 2.40. The fourth-order valence-corrected chi connectivity index (χ4v) is 4.46. The first-order valence-electron chi connectivity index (χ1n) is 10.0. The lowest BCUT2D eigenvalue weighted by atomic mass is 9.85. The molecule has 1 aromatic rings. The SMILES string of the molecule is CNC(=O)C(CCC=O)C1NN(C)c2cc(C3CCN(CC=O)CC3)ccc21. The maximum atomic E-state index is 12.4. The number of amides is 1. The number of fused-ring (bicyclic) bond motifs is 1. The molecule has 0 spiro atoms. The number of anilines is 1. The zero-order valence-electron chi connectivity index (χ0n) is 16.7. The van der Waals surface area contributed by atoms with E-state index >= 15 is 0 Å². The van der Waals surface area contributed by atoms with Crippen molar-refractivity contribution in [2.45, 2.75) is 37.6 Å². The number of nitrogens with zero attached hydrogens (tertiary/aromatic N) is 2. The molecule has 2 N–H and O–H groups in total. The number of hydrogen-bond donors (Lipinski definition) is 2. The van der Waals surface area contributed by atoms with Crippen molar-refractivity contribution >= 4 is 24.2 Å². The highest BCUT2D eigenvalue weighted by atomic mass is 16.2. The van der Waals surface area contributed by atoms with Crippen molar-refractivity contribution in [3.63, 3.8) is 0 Å². The Labute approximate surface area is 166 Å². The van der Waals surface area contributed by atoms with E-state index in [-0.39, 0.29) is 17.9 Å². The lowest BCUT2D eigenvalue weighted by molar-refractivity contribution is -0.125. The van der Waals surface area contributed by atoms with Crippen molar-refractivity contribution in [2.24, 2.45) is 5.92 Å². The van der Waals surface area contributed by atoms with Crippen LogP contribution in [0.5, 0.6) is 0 Å². The van der Waals surface area contributed by atoms with Crippen LogP contribution in [-0.2, 0) is 14.4 Å². The molecule has 2 aliphatic heterocycles. The summed E-state index contributed by atoms with van der Waals surface area (Å²) in [5, 5.41) is 4.72. The standard InChI is InChI=1S/C21H30N4O3/c1-22-21(28)18(4-3-12-26)20-17-6-5-16(14-19(17)24(2)23-20)15-7-9-25(10-8-15)11-13-27/h5-6,12-15,18,20,23H,3-4,7-11H2,1-2H3,(H,22,28). The van der Waals surface area contributed by atoms with Crippen LogP contribution in [-0.4, -0.2) is 57.1 Å². The third-order valence-corrected chi connectivity index (χ3v) is 6.06. The Bertz CT molecular complexity index is 716. The third kappa shape index (κ3) is 4.25. The molecule has 0 radical (unpaired) electrons. The molecule has 3 rings (SSSR count).